The van der Waals surface area contributed by atoms with Crippen LogP contribution in [0.2, 0.25) is 0 Å². The predicted octanol–water partition coefficient (Wildman–Crippen LogP) is 7.58. The van der Waals surface area contributed by atoms with Crippen LogP contribution >= 0.6 is 11.3 Å². The number of hydrogen-bond acceptors (Lipinski definition) is 5. The number of alkyl halides is 4. The summed E-state index contributed by atoms with van der Waals surface area (Å²) in [4.78, 5) is 21.4. The fourth-order valence-corrected chi connectivity index (χ4v) is 5.40. The average molecular weight is 643 g/mol. The van der Waals surface area contributed by atoms with Crippen molar-refractivity contribution in [1.82, 2.24) is 24.6 Å². The maximum atomic E-state index is 15.0. The number of aromatic nitrogens is 4. The minimum Gasteiger partial charge on any atom is -0.406 e. The monoisotopic (exact) mass is 642 g/mol. The molecule has 0 aliphatic heterocycles. The maximum Gasteiger partial charge on any atom is 0.573 e. The Morgan fingerprint density at radius 1 is 1.07 bits per heavy atom. The van der Waals surface area contributed by atoms with Crippen LogP contribution in [0, 0.1) is 12.7 Å². The molecule has 0 bridgehead atoms. The molecule has 0 spiro atoms. The second-order valence-electron chi connectivity index (χ2n) is 10.3. The summed E-state index contributed by atoms with van der Waals surface area (Å²) in [5, 5.41) is 8.67. The molecule has 0 saturated heterocycles. The zero-order valence-corrected chi connectivity index (χ0v) is 25.0. The lowest BCUT2D eigenvalue weighted by Crippen LogP contribution is -2.27. The summed E-state index contributed by atoms with van der Waals surface area (Å²) in [5.41, 5.74) is 3.66. The first-order chi connectivity index (χ1) is 21.4. The number of aryl methyl sites for hydroxylation is 1. The molecule has 1 N–H and O–H groups in total. The fourth-order valence-electron chi connectivity index (χ4n) is 4.54. The molecule has 0 fully saturated rings. The van der Waals surface area contributed by atoms with Crippen molar-refractivity contribution in [3.05, 3.63) is 106 Å². The smallest absolute Gasteiger partial charge is 0.406 e. The highest BCUT2D eigenvalue weighted by molar-refractivity contribution is 7.07. The molecule has 1 unspecified atom stereocenters. The molecule has 3 aromatic carbocycles. The van der Waals surface area contributed by atoms with Crippen molar-refractivity contribution >= 4 is 17.4 Å². The average Bonchev–Trinajstić information content (AvgIpc) is 3.63. The molecule has 2 aromatic heterocycles. The van der Waals surface area contributed by atoms with E-state index in [2.05, 4.69) is 25.1 Å². The quantitative estimate of drug-likeness (QED) is 0.177. The van der Waals surface area contributed by atoms with Crippen LogP contribution in [0.5, 0.6) is 5.75 Å². The zero-order chi connectivity index (χ0) is 32.3. The highest BCUT2D eigenvalue weighted by atomic mass is 32.1. The van der Waals surface area contributed by atoms with Gasteiger partial charge in [-0.25, -0.2) is 23.2 Å². The number of nitrogens with one attached hydrogen (secondary N) is 1. The van der Waals surface area contributed by atoms with Crippen LogP contribution in [0.4, 0.5) is 26.7 Å². The fraction of sp³-hybridized carbons (Fsp3) is 0.226. The number of amides is 2. The van der Waals surface area contributed by atoms with Gasteiger partial charge in [-0.1, -0.05) is 38.1 Å². The molecule has 1 atom stereocenters. The Balaban J connectivity index is 1.23. The summed E-state index contributed by atoms with van der Waals surface area (Å²) in [5.74, 6) is -0.367. The SMILES string of the molecule is Cc1cs/c(=N\C(=O)NCC(F)c2ccc(-c3ncn(-c4ccc(OC(F)(F)F)cc4)n3)cc2)n1-c1ccc(F)cc1C(C)C. The van der Waals surface area contributed by atoms with E-state index in [9.17, 15) is 22.4 Å². The van der Waals surface area contributed by atoms with E-state index in [1.54, 1.807) is 34.9 Å². The summed E-state index contributed by atoms with van der Waals surface area (Å²) >= 11 is 1.24. The molecular formula is C31H27F5N6O2S. The summed E-state index contributed by atoms with van der Waals surface area (Å²) < 4.78 is 73.2. The number of carbonyl (C=O) groups is 1. The van der Waals surface area contributed by atoms with Gasteiger partial charge in [0.25, 0.3) is 0 Å². The predicted molar refractivity (Wildman–Crippen MR) is 159 cm³/mol. The number of benzene rings is 3. The van der Waals surface area contributed by atoms with Gasteiger partial charge >= 0.3 is 12.4 Å². The lowest BCUT2D eigenvalue weighted by atomic mass is 10.0. The molecule has 0 aliphatic rings. The second-order valence-corrected chi connectivity index (χ2v) is 11.1. The van der Waals surface area contributed by atoms with Gasteiger partial charge in [-0.3, -0.25) is 4.57 Å². The number of ether oxygens (including phenoxy) is 1. The van der Waals surface area contributed by atoms with Gasteiger partial charge in [0.05, 0.1) is 17.9 Å². The molecule has 0 saturated carbocycles. The highest BCUT2D eigenvalue weighted by Gasteiger charge is 2.31. The second kappa shape index (κ2) is 13.0. The van der Waals surface area contributed by atoms with Gasteiger partial charge < -0.3 is 10.1 Å². The van der Waals surface area contributed by atoms with E-state index in [-0.39, 0.29) is 24.0 Å². The summed E-state index contributed by atoms with van der Waals surface area (Å²) in [6, 6.07) is 15.2. The van der Waals surface area contributed by atoms with Crippen LogP contribution < -0.4 is 14.9 Å². The Kier molecular flexibility index (Phi) is 9.14. The summed E-state index contributed by atoms with van der Waals surface area (Å²) in [6.07, 6.45) is -4.91. The lowest BCUT2D eigenvalue weighted by Gasteiger charge is -2.15. The molecule has 45 heavy (non-hydrogen) atoms. The third kappa shape index (κ3) is 7.63. The van der Waals surface area contributed by atoms with Crippen molar-refractivity contribution in [2.75, 3.05) is 6.54 Å². The van der Waals surface area contributed by atoms with Gasteiger partial charge in [-0.2, -0.15) is 4.99 Å². The van der Waals surface area contributed by atoms with Gasteiger partial charge in [-0.05, 0) is 66.4 Å². The first-order valence-electron chi connectivity index (χ1n) is 13.7. The highest BCUT2D eigenvalue weighted by Crippen LogP contribution is 2.26. The molecular weight excluding hydrogens is 615 g/mol. The normalized spacial score (nSPS) is 12.9. The van der Waals surface area contributed by atoms with Crippen LogP contribution in [0.25, 0.3) is 22.8 Å². The Morgan fingerprint density at radius 3 is 2.44 bits per heavy atom. The Labute approximate surface area is 258 Å². The van der Waals surface area contributed by atoms with E-state index in [1.807, 2.05) is 26.2 Å². The van der Waals surface area contributed by atoms with Gasteiger partial charge in [-0.15, -0.1) is 29.6 Å². The van der Waals surface area contributed by atoms with E-state index >= 15 is 4.39 Å². The van der Waals surface area contributed by atoms with Crippen molar-refractivity contribution in [3.63, 3.8) is 0 Å². The number of urea groups is 1. The molecule has 5 aromatic rings. The van der Waals surface area contributed by atoms with Crippen molar-refractivity contribution < 1.29 is 31.5 Å². The Bertz CT molecular complexity index is 1860. The lowest BCUT2D eigenvalue weighted by molar-refractivity contribution is -0.274. The number of carbonyl (C=O) groups excluding carboxylic acids is 1. The Hall–Kier alpha value is -4.85. The third-order valence-corrected chi connectivity index (χ3v) is 7.66. The molecule has 2 amide bonds. The number of nitrogens with zero attached hydrogens (tertiary/aromatic N) is 5. The minimum absolute atomic E-state index is 0.0249. The van der Waals surface area contributed by atoms with E-state index in [1.165, 1.54) is 58.7 Å². The van der Waals surface area contributed by atoms with E-state index < -0.39 is 18.6 Å². The van der Waals surface area contributed by atoms with Crippen LogP contribution in [0.3, 0.4) is 0 Å². The molecule has 14 heteroatoms. The van der Waals surface area contributed by atoms with Crippen molar-refractivity contribution in [2.45, 2.75) is 39.2 Å². The number of thiazole rings is 1. The van der Waals surface area contributed by atoms with Gasteiger partial charge in [0.15, 0.2) is 10.6 Å². The minimum atomic E-state index is -4.79. The molecule has 2 heterocycles. The van der Waals surface area contributed by atoms with Gasteiger partial charge in [0.1, 0.15) is 24.1 Å². The summed E-state index contributed by atoms with van der Waals surface area (Å²) in [7, 11) is 0. The zero-order valence-electron chi connectivity index (χ0n) is 24.2. The van der Waals surface area contributed by atoms with Gasteiger partial charge in [0.2, 0.25) is 0 Å². The number of hydrogen-bond donors (Lipinski definition) is 1. The first-order valence-corrected chi connectivity index (χ1v) is 14.6. The van der Waals surface area contributed by atoms with Gasteiger partial charge in [0, 0.05) is 16.6 Å². The van der Waals surface area contributed by atoms with Crippen LogP contribution in [-0.2, 0) is 0 Å². The van der Waals surface area contributed by atoms with E-state index in [0.29, 0.717) is 33.1 Å². The van der Waals surface area contributed by atoms with Crippen molar-refractivity contribution in [3.8, 4) is 28.5 Å². The standard InChI is InChI=1S/C31H27F5N6O2S/c1-18(2)25-14-22(32)8-13-27(25)42-19(3)16-45-30(42)39-29(43)37-15-26(33)20-4-6-21(7-5-20)28-38-17-41(40-28)23-9-11-24(12-10-23)44-31(34,35)36/h4-14,16-18,26H,15H2,1-3H3,(H,37,43)/b39-30-. The van der Waals surface area contributed by atoms with E-state index in [0.717, 1.165) is 11.3 Å². The molecule has 0 radical (unpaired) electrons. The van der Waals surface area contributed by atoms with Crippen LogP contribution in [0.15, 0.2) is 83.4 Å². The third-order valence-electron chi connectivity index (χ3n) is 6.72. The van der Waals surface area contributed by atoms with Crippen LogP contribution in [-0.4, -0.2) is 38.3 Å². The number of rotatable bonds is 8. The van der Waals surface area contributed by atoms with Crippen LogP contribution in [0.1, 0.15) is 42.8 Å². The van der Waals surface area contributed by atoms with E-state index in [4.69, 9.17) is 0 Å². The molecule has 5 rings (SSSR count). The van der Waals surface area contributed by atoms with Crippen molar-refractivity contribution in [1.29, 1.82) is 0 Å². The maximum absolute atomic E-state index is 15.0. The Morgan fingerprint density at radius 2 is 1.78 bits per heavy atom. The first kappa shape index (κ1) is 31.6. The molecule has 0 aliphatic carbocycles. The summed E-state index contributed by atoms with van der Waals surface area (Å²) in [6.45, 7) is 5.44. The largest absolute Gasteiger partial charge is 0.573 e. The topological polar surface area (TPSA) is 86.3 Å². The molecule has 234 valence electrons. The molecule has 8 nitrogen and oxygen atoms in total. The number of halogens is 5. The van der Waals surface area contributed by atoms with Crippen molar-refractivity contribution in [2.24, 2.45) is 4.99 Å².